The fraction of sp³-hybridized carbons (Fsp3) is 0.278. The molecule has 0 saturated heterocycles. The molecule has 0 heterocycles. The predicted octanol–water partition coefficient (Wildman–Crippen LogP) is 4.73. The van der Waals surface area contributed by atoms with Crippen molar-refractivity contribution < 1.29 is 9.72 Å². The van der Waals surface area contributed by atoms with Gasteiger partial charge in [0, 0.05) is 10.5 Å². The summed E-state index contributed by atoms with van der Waals surface area (Å²) in [5.41, 5.74) is 1.42. The van der Waals surface area contributed by atoms with Gasteiger partial charge in [0.15, 0.2) is 0 Å². The van der Waals surface area contributed by atoms with Crippen LogP contribution < -0.4 is 5.32 Å². The number of carbonyl (C=O) groups is 1. The van der Waals surface area contributed by atoms with Crippen LogP contribution in [-0.4, -0.2) is 10.8 Å². The van der Waals surface area contributed by atoms with Crippen molar-refractivity contribution >= 4 is 33.2 Å². The van der Waals surface area contributed by atoms with E-state index in [1.165, 1.54) is 6.07 Å². The fourth-order valence-corrected chi connectivity index (χ4v) is 3.41. The second-order valence-electron chi connectivity index (χ2n) is 6.10. The maximum atomic E-state index is 12.9. The smallest absolute Gasteiger partial charge is 0.274 e. The number of halogens is 1. The summed E-state index contributed by atoms with van der Waals surface area (Å²) in [6.45, 7) is 1.65. The standard InChI is InChI=1S/C18H17BrN2O3/c1-12-15(4-2-5-16(12)21(23)24)20-17(22)18(10-3-11-18)13-6-8-14(19)9-7-13/h2,4-9H,3,10-11H2,1H3,(H,20,22). The Labute approximate surface area is 148 Å². The van der Waals surface area contributed by atoms with Crippen molar-refractivity contribution in [1.29, 1.82) is 0 Å². The van der Waals surface area contributed by atoms with Crippen LogP contribution in [0.1, 0.15) is 30.4 Å². The molecule has 0 aliphatic heterocycles. The average molecular weight is 389 g/mol. The van der Waals surface area contributed by atoms with Gasteiger partial charge in [-0.05, 0) is 43.5 Å². The van der Waals surface area contributed by atoms with Crippen molar-refractivity contribution in [1.82, 2.24) is 0 Å². The molecule has 6 heteroatoms. The lowest BCUT2D eigenvalue weighted by Gasteiger charge is -2.40. The van der Waals surface area contributed by atoms with Crippen molar-refractivity contribution in [3.8, 4) is 0 Å². The lowest BCUT2D eigenvalue weighted by Crippen LogP contribution is -2.46. The largest absolute Gasteiger partial charge is 0.325 e. The van der Waals surface area contributed by atoms with Crippen LogP contribution in [0.4, 0.5) is 11.4 Å². The van der Waals surface area contributed by atoms with Gasteiger partial charge >= 0.3 is 0 Å². The van der Waals surface area contributed by atoms with E-state index in [9.17, 15) is 14.9 Å². The van der Waals surface area contributed by atoms with Crippen molar-refractivity contribution in [3.63, 3.8) is 0 Å². The number of nitrogens with zero attached hydrogens (tertiary/aromatic N) is 1. The van der Waals surface area contributed by atoms with Gasteiger partial charge in [-0.25, -0.2) is 0 Å². The number of nitrogens with one attached hydrogen (secondary N) is 1. The van der Waals surface area contributed by atoms with Gasteiger partial charge in [-0.3, -0.25) is 14.9 Å². The van der Waals surface area contributed by atoms with Crippen molar-refractivity contribution in [2.24, 2.45) is 0 Å². The van der Waals surface area contributed by atoms with Crippen molar-refractivity contribution in [2.45, 2.75) is 31.6 Å². The van der Waals surface area contributed by atoms with E-state index in [0.717, 1.165) is 29.3 Å². The molecule has 2 aromatic rings. The second-order valence-corrected chi connectivity index (χ2v) is 7.02. The lowest BCUT2D eigenvalue weighted by molar-refractivity contribution is -0.385. The molecule has 1 saturated carbocycles. The van der Waals surface area contributed by atoms with Gasteiger partial charge in [0.25, 0.3) is 5.69 Å². The first-order chi connectivity index (χ1) is 11.4. The number of nitro groups is 1. The number of nitro benzene ring substituents is 1. The molecule has 0 atom stereocenters. The van der Waals surface area contributed by atoms with E-state index in [-0.39, 0.29) is 11.6 Å². The average Bonchev–Trinajstić information content (AvgIpc) is 2.50. The van der Waals surface area contributed by atoms with Crippen LogP contribution in [0.25, 0.3) is 0 Å². The van der Waals surface area contributed by atoms with E-state index < -0.39 is 10.3 Å². The molecular weight excluding hydrogens is 372 g/mol. The summed E-state index contributed by atoms with van der Waals surface area (Å²) < 4.78 is 0.968. The summed E-state index contributed by atoms with van der Waals surface area (Å²) in [5.74, 6) is -0.0975. The highest BCUT2D eigenvalue weighted by Gasteiger charge is 2.45. The Kier molecular flexibility index (Phi) is 4.41. The lowest BCUT2D eigenvalue weighted by atomic mass is 9.64. The molecule has 0 bridgehead atoms. The molecule has 124 valence electrons. The third-order valence-corrected chi connectivity index (χ3v) is 5.32. The topological polar surface area (TPSA) is 72.2 Å². The van der Waals surface area contributed by atoms with E-state index in [0.29, 0.717) is 11.3 Å². The van der Waals surface area contributed by atoms with E-state index in [2.05, 4.69) is 21.2 Å². The van der Waals surface area contributed by atoms with E-state index >= 15 is 0 Å². The van der Waals surface area contributed by atoms with Gasteiger partial charge in [0.1, 0.15) is 0 Å². The molecule has 1 aliphatic carbocycles. The fourth-order valence-electron chi connectivity index (χ4n) is 3.14. The van der Waals surface area contributed by atoms with Crippen LogP contribution in [0.15, 0.2) is 46.9 Å². The molecule has 1 aliphatic rings. The molecule has 1 amide bonds. The van der Waals surface area contributed by atoms with Gasteiger partial charge < -0.3 is 5.32 Å². The first-order valence-electron chi connectivity index (χ1n) is 7.75. The predicted molar refractivity (Wildman–Crippen MR) is 96.1 cm³/mol. The molecule has 5 nitrogen and oxygen atoms in total. The van der Waals surface area contributed by atoms with Crippen LogP contribution in [0.5, 0.6) is 0 Å². The summed E-state index contributed by atoms with van der Waals surface area (Å²) in [6.07, 6.45) is 2.57. The number of anilines is 1. The van der Waals surface area contributed by atoms with Gasteiger partial charge in [0.2, 0.25) is 5.91 Å². The number of rotatable bonds is 4. The molecule has 0 spiro atoms. The maximum absolute atomic E-state index is 12.9. The molecule has 0 radical (unpaired) electrons. The monoisotopic (exact) mass is 388 g/mol. The van der Waals surface area contributed by atoms with Crippen LogP contribution in [0.3, 0.4) is 0 Å². The highest BCUT2D eigenvalue weighted by atomic mass is 79.9. The SMILES string of the molecule is Cc1c(NC(=O)C2(c3ccc(Br)cc3)CCC2)cccc1[N+](=O)[O-]. The van der Waals surface area contributed by atoms with E-state index in [1.807, 2.05) is 24.3 Å². The third-order valence-electron chi connectivity index (χ3n) is 4.79. The second kappa shape index (κ2) is 6.36. The molecular formula is C18H17BrN2O3. The van der Waals surface area contributed by atoms with Crippen molar-refractivity contribution in [2.75, 3.05) is 5.32 Å². The number of hydrogen-bond donors (Lipinski definition) is 1. The van der Waals surface area contributed by atoms with Gasteiger partial charge in [-0.1, -0.05) is 40.5 Å². The Hall–Kier alpha value is -2.21. The number of carbonyl (C=O) groups excluding carboxylic acids is 1. The van der Waals surface area contributed by atoms with Crippen molar-refractivity contribution in [3.05, 3.63) is 68.2 Å². The Morgan fingerprint density at radius 1 is 1.21 bits per heavy atom. The van der Waals surface area contributed by atoms with E-state index in [1.54, 1.807) is 19.1 Å². The zero-order valence-corrected chi connectivity index (χ0v) is 14.8. The Balaban J connectivity index is 1.90. The molecule has 3 rings (SSSR count). The zero-order chi connectivity index (χ0) is 17.3. The van der Waals surface area contributed by atoms with E-state index in [4.69, 9.17) is 0 Å². The quantitative estimate of drug-likeness (QED) is 0.607. The molecule has 2 aromatic carbocycles. The third kappa shape index (κ3) is 2.82. The molecule has 0 unspecified atom stereocenters. The molecule has 24 heavy (non-hydrogen) atoms. The zero-order valence-electron chi connectivity index (χ0n) is 13.2. The highest BCUT2D eigenvalue weighted by molar-refractivity contribution is 9.10. The van der Waals surface area contributed by atoms with Gasteiger partial charge in [-0.2, -0.15) is 0 Å². The highest BCUT2D eigenvalue weighted by Crippen LogP contribution is 2.45. The summed E-state index contributed by atoms with van der Waals surface area (Å²) in [4.78, 5) is 23.6. The van der Waals surface area contributed by atoms with Gasteiger partial charge in [-0.15, -0.1) is 0 Å². The van der Waals surface area contributed by atoms with Gasteiger partial charge in [0.05, 0.1) is 21.6 Å². The summed E-state index contributed by atoms with van der Waals surface area (Å²) in [7, 11) is 0. The first kappa shape index (κ1) is 16.6. The summed E-state index contributed by atoms with van der Waals surface area (Å²) in [6, 6.07) is 12.5. The Morgan fingerprint density at radius 3 is 2.42 bits per heavy atom. The number of benzene rings is 2. The number of amides is 1. The Morgan fingerprint density at radius 2 is 1.88 bits per heavy atom. The Bertz CT molecular complexity index is 798. The maximum Gasteiger partial charge on any atom is 0.274 e. The van der Waals surface area contributed by atoms with Crippen LogP contribution >= 0.6 is 15.9 Å². The normalized spacial score (nSPS) is 15.4. The molecule has 1 fully saturated rings. The van der Waals surface area contributed by atoms with Crippen LogP contribution in [0, 0.1) is 17.0 Å². The first-order valence-corrected chi connectivity index (χ1v) is 8.55. The minimum absolute atomic E-state index is 0.0131. The number of hydrogen-bond acceptors (Lipinski definition) is 3. The van der Waals surface area contributed by atoms with Crippen LogP contribution in [0.2, 0.25) is 0 Å². The molecule has 1 N–H and O–H groups in total. The summed E-state index contributed by atoms with van der Waals surface area (Å²) >= 11 is 3.41. The molecule has 0 aromatic heterocycles. The summed E-state index contributed by atoms with van der Waals surface area (Å²) in [5, 5.41) is 14.0. The van der Waals surface area contributed by atoms with Crippen LogP contribution in [-0.2, 0) is 10.2 Å². The minimum atomic E-state index is -0.544. The minimum Gasteiger partial charge on any atom is -0.325 e.